The standard InChI is InChI=1S/C24H21N5O4S/c1-2-29-24(33)18-7-4-3-6-17(18)20(28-29)23(32)27-26-21(30)16-11-9-15(10-12-16)14-25-22(31)19-8-5-13-34-19/h3-13H,2,14H2,1H3,(H,25,31)(H,26,30)(H,27,32). The Morgan fingerprint density at radius 1 is 0.882 bits per heavy atom. The Kier molecular flexibility index (Phi) is 6.79. The molecular weight excluding hydrogens is 454 g/mol. The molecule has 0 bridgehead atoms. The van der Waals surface area contributed by atoms with Gasteiger partial charge in [0.2, 0.25) is 0 Å². The van der Waals surface area contributed by atoms with Crippen LogP contribution >= 0.6 is 11.3 Å². The van der Waals surface area contributed by atoms with E-state index in [1.165, 1.54) is 16.0 Å². The second-order valence-corrected chi connectivity index (χ2v) is 8.23. The van der Waals surface area contributed by atoms with Crippen LogP contribution in [0.5, 0.6) is 0 Å². The summed E-state index contributed by atoms with van der Waals surface area (Å²) >= 11 is 1.36. The molecule has 0 fully saturated rings. The average molecular weight is 476 g/mol. The van der Waals surface area contributed by atoms with Crippen LogP contribution < -0.4 is 21.7 Å². The molecule has 4 rings (SSSR count). The monoisotopic (exact) mass is 475 g/mol. The summed E-state index contributed by atoms with van der Waals surface area (Å²) in [4.78, 5) is 50.3. The lowest BCUT2D eigenvalue weighted by Gasteiger charge is -2.11. The van der Waals surface area contributed by atoms with Gasteiger partial charge in [0, 0.05) is 24.0 Å². The lowest BCUT2D eigenvalue weighted by molar-refractivity contribution is 0.0843. The van der Waals surface area contributed by atoms with Gasteiger partial charge >= 0.3 is 0 Å². The molecule has 0 atom stereocenters. The van der Waals surface area contributed by atoms with Gasteiger partial charge in [-0.15, -0.1) is 11.3 Å². The highest BCUT2D eigenvalue weighted by Gasteiger charge is 2.17. The summed E-state index contributed by atoms with van der Waals surface area (Å²) in [5.41, 5.74) is 5.62. The van der Waals surface area contributed by atoms with Crippen LogP contribution in [0.1, 0.15) is 43.0 Å². The summed E-state index contributed by atoms with van der Waals surface area (Å²) in [6.45, 7) is 2.38. The molecule has 3 N–H and O–H groups in total. The predicted octanol–water partition coefficient (Wildman–Crippen LogP) is 2.48. The second-order valence-electron chi connectivity index (χ2n) is 7.28. The van der Waals surface area contributed by atoms with E-state index >= 15 is 0 Å². The zero-order valence-electron chi connectivity index (χ0n) is 18.2. The zero-order chi connectivity index (χ0) is 24.1. The van der Waals surface area contributed by atoms with Crippen molar-refractivity contribution in [2.45, 2.75) is 20.0 Å². The Morgan fingerprint density at radius 2 is 1.59 bits per heavy atom. The maximum atomic E-state index is 12.7. The molecular formula is C24H21N5O4S. The minimum atomic E-state index is -0.639. The first-order valence-corrected chi connectivity index (χ1v) is 11.4. The Balaban J connectivity index is 1.39. The largest absolute Gasteiger partial charge is 0.347 e. The summed E-state index contributed by atoms with van der Waals surface area (Å²) in [5.74, 6) is -1.31. The Hall–Kier alpha value is -4.31. The van der Waals surface area contributed by atoms with Crippen molar-refractivity contribution < 1.29 is 14.4 Å². The van der Waals surface area contributed by atoms with Gasteiger partial charge in [-0.2, -0.15) is 5.10 Å². The Morgan fingerprint density at radius 3 is 2.26 bits per heavy atom. The molecule has 0 spiro atoms. The van der Waals surface area contributed by atoms with E-state index in [1.807, 2.05) is 11.4 Å². The summed E-state index contributed by atoms with van der Waals surface area (Å²) in [5, 5.41) is 9.57. The number of fused-ring (bicyclic) bond motifs is 1. The highest BCUT2D eigenvalue weighted by molar-refractivity contribution is 7.12. The number of nitrogens with one attached hydrogen (secondary N) is 3. The number of hydrogen-bond donors (Lipinski definition) is 3. The fraction of sp³-hybridized carbons (Fsp3) is 0.125. The van der Waals surface area contributed by atoms with Crippen LogP contribution in [0.2, 0.25) is 0 Å². The van der Waals surface area contributed by atoms with Crippen LogP contribution in [0, 0.1) is 0 Å². The van der Waals surface area contributed by atoms with E-state index in [9.17, 15) is 19.2 Å². The molecule has 4 aromatic rings. The molecule has 3 amide bonds. The smallest absolute Gasteiger partial charge is 0.290 e. The van der Waals surface area contributed by atoms with Gasteiger partial charge in [0.25, 0.3) is 23.3 Å². The van der Waals surface area contributed by atoms with Crippen LogP contribution in [0.25, 0.3) is 10.8 Å². The van der Waals surface area contributed by atoms with Gasteiger partial charge in [0.1, 0.15) is 0 Å². The number of aryl methyl sites for hydroxylation is 1. The lowest BCUT2D eigenvalue weighted by atomic mass is 10.1. The van der Waals surface area contributed by atoms with Gasteiger partial charge in [0.05, 0.1) is 10.3 Å². The molecule has 34 heavy (non-hydrogen) atoms. The van der Waals surface area contributed by atoms with E-state index in [2.05, 4.69) is 21.3 Å². The van der Waals surface area contributed by atoms with E-state index in [1.54, 1.807) is 61.5 Å². The fourth-order valence-electron chi connectivity index (χ4n) is 3.31. The van der Waals surface area contributed by atoms with Crippen molar-refractivity contribution in [2.75, 3.05) is 0 Å². The van der Waals surface area contributed by atoms with Crippen molar-refractivity contribution in [3.8, 4) is 0 Å². The SMILES string of the molecule is CCn1nc(C(=O)NNC(=O)c2ccc(CNC(=O)c3cccs3)cc2)c2ccccc2c1=O. The number of carbonyl (C=O) groups is 3. The van der Waals surface area contributed by atoms with Gasteiger partial charge in [-0.1, -0.05) is 36.4 Å². The maximum absolute atomic E-state index is 12.7. The molecule has 0 unspecified atom stereocenters. The zero-order valence-corrected chi connectivity index (χ0v) is 19.0. The van der Waals surface area contributed by atoms with Crippen LogP contribution in [0.4, 0.5) is 0 Å². The van der Waals surface area contributed by atoms with Crippen LogP contribution in [0.3, 0.4) is 0 Å². The normalized spacial score (nSPS) is 10.6. The first kappa shape index (κ1) is 22.9. The lowest BCUT2D eigenvalue weighted by Crippen LogP contribution is -2.42. The minimum absolute atomic E-state index is 0.0363. The topological polar surface area (TPSA) is 122 Å². The van der Waals surface area contributed by atoms with Gasteiger partial charge in [0.15, 0.2) is 5.69 Å². The number of benzene rings is 2. The van der Waals surface area contributed by atoms with Crippen molar-refractivity contribution in [1.29, 1.82) is 0 Å². The molecule has 0 aliphatic heterocycles. The molecule has 0 aliphatic rings. The van der Waals surface area contributed by atoms with Gasteiger partial charge in [-0.25, -0.2) is 4.68 Å². The highest BCUT2D eigenvalue weighted by atomic mass is 32.1. The van der Waals surface area contributed by atoms with Crippen molar-refractivity contribution in [1.82, 2.24) is 25.9 Å². The third kappa shape index (κ3) is 4.86. The summed E-state index contributed by atoms with van der Waals surface area (Å²) in [6.07, 6.45) is 0. The van der Waals surface area contributed by atoms with E-state index in [0.29, 0.717) is 34.3 Å². The number of nitrogens with zero attached hydrogens (tertiary/aromatic N) is 2. The van der Waals surface area contributed by atoms with Gasteiger partial charge in [-0.3, -0.25) is 30.0 Å². The summed E-state index contributed by atoms with van der Waals surface area (Å²) in [6, 6.07) is 16.9. The van der Waals surface area contributed by atoms with Gasteiger partial charge < -0.3 is 5.32 Å². The van der Waals surface area contributed by atoms with Crippen LogP contribution in [0.15, 0.2) is 70.8 Å². The molecule has 2 aromatic carbocycles. The molecule has 0 aliphatic carbocycles. The molecule has 2 aromatic heterocycles. The molecule has 10 heteroatoms. The fourth-order valence-corrected chi connectivity index (χ4v) is 3.95. The third-order valence-corrected chi connectivity index (χ3v) is 5.95. The number of amides is 3. The van der Waals surface area contributed by atoms with Crippen molar-refractivity contribution in [3.05, 3.63) is 98.1 Å². The predicted molar refractivity (Wildman–Crippen MR) is 129 cm³/mol. The third-order valence-electron chi connectivity index (χ3n) is 5.09. The number of aromatic nitrogens is 2. The Labute approximate surface area is 198 Å². The molecule has 0 radical (unpaired) electrons. The average Bonchev–Trinajstić information content (AvgIpc) is 3.41. The van der Waals surface area contributed by atoms with Crippen molar-refractivity contribution in [3.63, 3.8) is 0 Å². The number of hydrazine groups is 1. The number of thiophene rings is 1. The number of carbonyl (C=O) groups excluding carboxylic acids is 3. The van der Waals surface area contributed by atoms with Gasteiger partial charge in [-0.05, 0) is 42.1 Å². The highest BCUT2D eigenvalue weighted by Crippen LogP contribution is 2.13. The maximum Gasteiger partial charge on any atom is 0.290 e. The Bertz CT molecular complexity index is 1410. The molecule has 0 saturated carbocycles. The van der Waals surface area contributed by atoms with Crippen molar-refractivity contribution >= 4 is 39.8 Å². The molecule has 0 saturated heterocycles. The molecule has 2 heterocycles. The molecule has 9 nitrogen and oxygen atoms in total. The first-order valence-electron chi connectivity index (χ1n) is 10.5. The van der Waals surface area contributed by atoms with E-state index in [-0.39, 0.29) is 17.2 Å². The van der Waals surface area contributed by atoms with Crippen LogP contribution in [-0.2, 0) is 13.1 Å². The summed E-state index contributed by atoms with van der Waals surface area (Å²) in [7, 11) is 0. The minimum Gasteiger partial charge on any atom is -0.347 e. The quantitative estimate of drug-likeness (QED) is 0.370. The van der Waals surface area contributed by atoms with E-state index < -0.39 is 11.8 Å². The number of rotatable bonds is 6. The van der Waals surface area contributed by atoms with E-state index in [0.717, 1.165) is 5.56 Å². The van der Waals surface area contributed by atoms with Crippen molar-refractivity contribution in [2.24, 2.45) is 0 Å². The summed E-state index contributed by atoms with van der Waals surface area (Å²) < 4.78 is 1.20. The molecule has 172 valence electrons. The first-order chi connectivity index (χ1) is 16.5. The second kappa shape index (κ2) is 10.1. The number of hydrogen-bond acceptors (Lipinski definition) is 6. The van der Waals surface area contributed by atoms with Crippen LogP contribution in [-0.4, -0.2) is 27.5 Å². The van der Waals surface area contributed by atoms with E-state index in [4.69, 9.17) is 0 Å².